The number of carbonyl (C=O) groups is 1. The van der Waals surface area contributed by atoms with E-state index in [4.69, 9.17) is 4.74 Å². The minimum absolute atomic E-state index is 0.0809. The third-order valence-corrected chi connectivity index (χ3v) is 2.94. The van der Waals surface area contributed by atoms with Crippen molar-refractivity contribution in [1.82, 2.24) is 0 Å². The minimum Gasteiger partial charge on any atom is -0.494 e. The molecule has 18 heavy (non-hydrogen) atoms. The summed E-state index contributed by atoms with van der Waals surface area (Å²) in [5.41, 5.74) is 0.715. The summed E-state index contributed by atoms with van der Waals surface area (Å²) in [7, 11) is 0. The molecular formula is C16H24O2. The second kappa shape index (κ2) is 7.91. The molecule has 0 heterocycles. The molecule has 0 atom stereocenters. The van der Waals surface area contributed by atoms with E-state index in [2.05, 4.69) is 13.8 Å². The van der Waals surface area contributed by atoms with Crippen molar-refractivity contribution < 1.29 is 9.53 Å². The highest BCUT2D eigenvalue weighted by molar-refractivity contribution is 5.94. The van der Waals surface area contributed by atoms with Crippen LogP contribution in [0.2, 0.25) is 0 Å². The van der Waals surface area contributed by atoms with Crippen LogP contribution in [0.25, 0.3) is 0 Å². The average Bonchev–Trinajstić information content (AvgIpc) is 2.33. The van der Waals surface area contributed by atoms with Crippen LogP contribution in [0.1, 0.15) is 56.8 Å². The second-order valence-electron chi connectivity index (χ2n) is 5.18. The third-order valence-electron chi connectivity index (χ3n) is 2.94. The lowest BCUT2D eigenvalue weighted by atomic mass is 10.1. The lowest BCUT2D eigenvalue weighted by Crippen LogP contribution is -1.99. The van der Waals surface area contributed by atoms with E-state index in [0.29, 0.717) is 5.56 Å². The predicted molar refractivity (Wildman–Crippen MR) is 75.2 cm³/mol. The van der Waals surface area contributed by atoms with Crippen molar-refractivity contribution in [3.63, 3.8) is 0 Å². The van der Waals surface area contributed by atoms with E-state index in [1.807, 2.05) is 24.3 Å². The molecular weight excluding hydrogens is 224 g/mol. The smallest absolute Gasteiger partial charge is 0.159 e. The Morgan fingerprint density at radius 2 is 2.00 bits per heavy atom. The summed E-state index contributed by atoms with van der Waals surface area (Å²) in [5, 5.41) is 0. The molecule has 0 fully saturated rings. The van der Waals surface area contributed by atoms with Gasteiger partial charge in [0.15, 0.2) is 5.78 Å². The fourth-order valence-electron chi connectivity index (χ4n) is 1.83. The number of ether oxygens (including phenoxy) is 1. The van der Waals surface area contributed by atoms with Crippen molar-refractivity contribution in [2.24, 2.45) is 5.92 Å². The molecule has 0 N–H and O–H groups in total. The maximum atomic E-state index is 11.2. The molecule has 0 aliphatic carbocycles. The first-order valence-corrected chi connectivity index (χ1v) is 6.83. The van der Waals surface area contributed by atoms with Crippen LogP contribution in [-0.2, 0) is 0 Å². The zero-order valence-corrected chi connectivity index (χ0v) is 11.7. The molecule has 100 valence electrons. The molecule has 2 heteroatoms. The Morgan fingerprint density at radius 1 is 1.22 bits per heavy atom. The molecule has 0 unspecified atom stereocenters. The van der Waals surface area contributed by atoms with Crippen molar-refractivity contribution in [3.05, 3.63) is 29.8 Å². The third kappa shape index (κ3) is 5.85. The molecule has 0 saturated carbocycles. The van der Waals surface area contributed by atoms with Crippen molar-refractivity contribution in [2.75, 3.05) is 6.61 Å². The van der Waals surface area contributed by atoms with Gasteiger partial charge in [-0.25, -0.2) is 0 Å². The number of unbranched alkanes of at least 4 members (excludes halogenated alkanes) is 2. The van der Waals surface area contributed by atoms with Gasteiger partial charge in [-0.2, -0.15) is 0 Å². The van der Waals surface area contributed by atoms with Gasteiger partial charge in [0.05, 0.1) is 6.61 Å². The van der Waals surface area contributed by atoms with Crippen LogP contribution in [0.15, 0.2) is 24.3 Å². The summed E-state index contributed by atoms with van der Waals surface area (Å²) in [4.78, 5) is 11.2. The summed E-state index contributed by atoms with van der Waals surface area (Å²) < 4.78 is 5.65. The lowest BCUT2D eigenvalue weighted by Gasteiger charge is -2.07. The van der Waals surface area contributed by atoms with Crippen LogP contribution < -0.4 is 4.74 Å². The first-order chi connectivity index (χ1) is 8.59. The van der Waals surface area contributed by atoms with E-state index >= 15 is 0 Å². The monoisotopic (exact) mass is 248 g/mol. The minimum atomic E-state index is 0.0809. The van der Waals surface area contributed by atoms with Gasteiger partial charge in [-0.05, 0) is 31.4 Å². The highest BCUT2D eigenvalue weighted by atomic mass is 16.5. The number of rotatable bonds is 8. The summed E-state index contributed by atoms with van der Waals surface area (Å²) in [6.45, 7) is 6.82. The molecule has 0 aromatic heterocycles. The summed E-state index contributed by atoms with van der Waals surface area (Å²) in [6.07, 6.45) is 4.86. The topological polar surface area (TPSA) is 26.3 Å². The highest BCUT2D eigenvalue weighted by Crippen LogP contribution is 2.15. The molecule has 1 rings (SSSR count). The van der Waals surface area contributed by atoms with Crippen LogP contribution in [0.5, 0.6) is 5.75 Å². The van der Waals surface area contributed by atoms with Gasteiger partial charge >= 0.3 is 0 Å². The van der Waals surface area contributed by atoms with E-state index in [9.17, 15) is 4.79 Å². The predicted octanol–water partition coefficient (Wildman–Crippen LogP) is 4.48. The standard InChI is InChI=1S/C16H24O2/c1-13(2)8-5-4-6-11-18-16-10-7-9-15(12-16)14(3)17/h7,9-10,12-13H,4-6,8,11H2,1-3H3. The number of hydrogen-bond acceptors (Lipinski definition) is 2. The van der Waals surface area contributed by atoms with Crippen molar-refractivity contribution in [1.29, 1.82) is 0 Å². The fourth-order valence-corrected chi connectivity index (χ4v) is 1.83. The van der Waals surface area contributed by atoms with Gasteiger partial charge < -0.3 is 4.74 Å². The van der Waals surface area contributed by atoms with Gasteiger partial charge in [0.2, 0.25) is 0 Å². The zero-order valence-electron chi connectivity index (χ0n) is 11.7. The van der Waals surface area contributed by atoms with E-state index in [1.165, 1.54) is 19.3 Å². The van der Waals surface area contributed by atoms with Gasteiger partial charge in [0, 0.05) is 5.56 Å². The molecule has 0 bridgehead atoms. The Labute approximate surface area is 110 Å². The number of carbonyl (C=O) groups excluding carboxylic acids is 1. The van der Waals surface area contributed by atoms with E-state index in [1.54, 1.807) is 6.92 Å². The first-order valence-electron chi connectivity index (χ1n) is 6.83. The summed E-state index contributed by atoms with van der Waals surface area (Å²) >= 11 is 0. The van der Waals surface area contributed by atoms with E-state index in [0.717, 1.165) is 24.7 Å². The van der Waals surface area contributed by atoms with Gasteiger partial charge in [-0.15, -0.1) is 0 Å². The van der Waals surface area contributed by atoms with Crippen LogP contribution in [0.3, 0.4) is 0 Å². The van der Waals surface area contributed by atoms with Gasteiger partial charge in [-0.3, -0.25) is 4.79 Å². The van der Waals surface area contributed by atoms with Crippen LogP contribution in [0, 0.1) is 5.92 Å². The molecule has 1 aromatic rings. The van der Waals surface area contributed by atoms with E-state index < -0.39 is 0 Å². The van der Waals surface area contributed by atoms with Crippen LogP contribution >= 0.6 is 0 Å². The van der Waals surface area contributed by atoms with Crippen molar-refractivity contribution in [3.8, 4) is 5.75 Å². The van der Waals surface area contributed by atoms with E-state index in [-0.39, 0.29) is 5.78 Å². The lowest BCUT2D eigenvalue weighted by molar-refractivity contribution is 0.101. The molecule has 0 aliphatic rings. The van der Waals surface area contributed by atoms with Crippen molar-refractivity contribution in [2.45, 2.75) is 46.5 Å². The SMILES string of the molecule is CC(=O)c1cccc(OCCCCCC(C)C)c1. The van der Waals surface area contributed by atoms with Gasteiger partial charge in [0.1, 0.15) is 5.75 Å². The molecule has 0 saturated heterocycles. The normalized spacial score (nSPS) is 10.7. The van der Waals surface area contributed by atoms with Gasteiger partial charge in [-0.1, -0.05) is 45.2 Å². The van der Waals surface area contributed by atoms with Crippen LogP contribution in [-0.4, -0.2) is 12.4 Å². The molecule has 0 amide bonds. The zero-order chi connectivity index (χ0) is 13.4. The molecule has 2 nitrogen and oxygen atoms in total. The number of benzene rings is 1. The quantitative estimate of drug-likeness (QED) is 0.500. The molecule has 0 aliphatic heterocycles. The maximum absolute atomic E-state index is 11.2. The van der Waals surface area contributed by atoms with Crippen molar-refractivity contribution >= 4 is 5.78 Å². The summed E-state index contributed by atoms with van der Waals surface area (Å²) in [6, 6.07) is 7.40. The highest BCUT2D eigenvalue weighted by Gasteiger charge is 2.01. The first kappa shape index (κ1) is 14.7. The fraction of sp³-hybridized carbons (Fsp3) is 0.562. The Balaban J connectivity index is 2.23. The maximum Gasteiger partial charge on any atom is 0.159 e. The summed E-state index contributed by atoms with van der Waals surface area (Å²) in [5.74, 6) is 1.67. The van der Waals surface area contributed by atoms with Gasteiger partial charge in [0.25, 0.3) is 0 Å². The second-order valence-corrected chi connectivity index (χ2v) is 5.18. The molecule has 0 radical (unpaired) electrons. The largest absolute Gasteiger partial charge is 0.494 e. The Hall–Kier alpha value is -1.31. The Morgan fingerprint density at radius 3 is 2.67 bits per heavy atom. The van der Waals surface area contributed by atoms with Crippen LogP contribution in [0.4, 0.5) is 0 Å². The Bertz CT molecular complexity index is 369. The number of hydrogen-bond donors (Lipinski definition) is 0. The average molecular weight is 248 g/mol. The Kier molecular flexibility index (Phi) is 6.48. The number of ketones is 1. The molecule has 0 spiro atoms. The molecule has 1 aromatic carbocycles. The number of Topliss-reactive ketones (excluding diaryl/α,β-unsaturated/α-hetero) is 1.